The SMILES string of the molecule is CCOC(=O)c1[nH]c(C)c(C(=O)[C@H](C)N(CCCOC)C(=O)c2ccc(OC)cc2)c1C. The minimum atomic E-state index is -0.746. The van der Waals surface area contributed by atoms with Gasteiger partial charge in [0.15, 0.2) is 5.78 Å². The van der Waals surface area contributed by atoms with Crippen LogP contribution in [-0.4, -0.2) is 67.6 Å². The first kappa shape index (κ1) is 25.1. The van der Waals surface area contributed by atoms with Crippen molar-refractivity contribution in [3.8, 4) is 5.75 Å². The summed E-state index contributed by atoms with van der Waals surface area (Å²) in [5, 5.41) is 0. The first-order valence-corrected chi connectivity index (χ1v) is 10.6. The highest BCUT2D eigenvalue weighted by molar-refractivity contribution is 6.07. The molecule has 0 fully saturated rings. The molecule has 8 nitrogen and oxygen atoms in total. The number of carbonyl (C=O) groups excluding carboxylic acids is 3. The summed E-state index contributed by atoms with van der Waals surface area (Å²) in [4.78, 5) is 43.5. The highest BCUT2D eigenvalue weighted by Crippen LogP contribution is 2.23. The number of H-pyrrole nitrogens is 1. The Balaban J connectivity index is 2.36. The number of methoxy groups -OCH3 is 2. The molecule has 0 aliphatic carbocycles. The summed E-state index contributed by atoms with van der Waals surface area (Å²) in [6, 6.07) is 6.02. The monoisotopic (exact) mass is 444 g/mol. The van der Waals surface area contributed by atoms with E-state index in [0.29, 0.717) is 47.7 Å². The molecule has 0 spiro atoms. The van der Waals surface area contributed by atoms with Crippen molar-refractivity contribution in [3.63, 3.8) is 0 Å². The van der Waals surface area contributed by atoms with E-state index in [1.54, 1.807) is 71.1 Å². The van der Waals surface area contributed by atoms with Gasteiger partial charge in [-0.3, -0.25) is 9.59 Å². The van der Waals surface area contributed by atoms with E-state index in [4.69, 9.17) is 14.2 Å². The lowest BCUT2D eigenvalue weighted by atomic mass is 9.99. The number of aromatic nitrogens is 1. The second-order valence-corrected chi connectivity index (χ2v) is 7.46. The van der Waals surface area contributed by atoms with Gasteiger partial charge in [0.25, 0.3) is 5.91 Å². The minimum Gasteiger partial charge on any atom is -0.497 e. The molecular formula is C24H32N2O6. The van der Waals surface area contributed by atoms with Crippen LogP contribution in [0.3, 0.4) is 0 Å². The second kappa shape index (κ2) is 11.5. The van der Waals surface area contributed by atoms with Crippen LogP contribution >= 0.6 is 0 Å². The van der Waals surface area contributed by atoms with Crippen LogP contribution in [0.1, 0.15) is 62.7 Å². The summed E-state index contributed by atoms with van der Waals surface area (Å²) in [7, 11) is 3.15. The number of Topliss-reactive ketones (excluding diaryl/α,β-unsaturated/α-hetero) is 1. The normalized spacial score (nSPS) is 11.7. The molecule has 8 heteroatoms. The van der Waals surface area contributed by atoms with Crippen molar-refractivity contribution in [1.82, 2.24) is 9.88 Å². The first-order valence-electron chi connectivity index (χ1n) is 10.6. The van der Waals surface area contributed by atoms with Crippen LogP contribution in [0.25, 0.3) is 0 Å². The Hall–Kier alpha value is -3.13. The smallest absolute Gasteiger partial charge is 0.355 e. The van der Waals surface area contributed by atoms with Crippen LogP contribution in [0.2, 0.25) is 0 Å². The van der Waals surface area contributed by atoms with E-state index in [0.717, 1.165) is 0 Å². The van der Waals surface area contributed by atoms with Crippen LogP contribution in [0.4, 0.5) is 0 Å². The van der Waals surface area contributed by atoms with Gasteiger partial charge in [-0.25, -0.2) is 4.79 Å². The van der Waals surface area contributed by atoms with Gasteiger partial charge in [-0.2, -0.15) is 0 Å². The summed E-state index contributed by atoms with van der Waals surface area (Å²) in [6.07, 6.45) is 0.579. The predicted octanol–water partition coefficient (Wildman–Crippen LogP) is 3.57. The van der Waals surface area contributed by atoms with Gasteiger partial charge in [-0.15, -0.1) is 0 Å². The zero-order valence-corrected chi connectivity index (χ0v) is 19.6. The Morgan fingerprint density at radius 3 is 2.31 bits per heavy atom. The molecule has 0 bridgehead atoms. The summed E-state index contributed by atoms with van der Waals surface area (Å²) >= 11 is 0. The molecule has 1 aromatic heterocycles. The molecule has 2 aromatic rings. The molecule has 0 radical (unpaired) electrons. The van der Waals surface area contributed by atoms with Crippen LogP contribution < -0.4 is 4.74 Å². The molecular weight excluding hydrogens is 412 g/mol. The Labute approximate surface area is 188 Å². The number of esters is 1. The van der Waals surface area contributed by atoms with Crippen LogP contribution in [0.5, 0.6) is 5.75 Å². The predicted molar refractivity (Wildman–Crippen MR) is 121 cm³/mol. The Bertz CT molecular complexity index is 948. The largest absolute Gasteiger partial charge is 0.497 e. The molecule has 0 saturated carbocycles. The Kier molecular flexibility index (Phi) is 9.02. The lowest BCUT2D eigenvalue weighted by Crippen LogP contribution is -2.44. The van der Waals surface area contributed by atoms with Gasteiger partial charge in [-0.1, -0.05) is 0 Å². The summed E-state index contributed by atoms with van der Waals surface area (Å²) in [6.45, 7) is 7.90. The minimum absolute atomic E-state index is 0.236. The zero-order chi connectivity index (χ0) is 23.8. The highest BCUT2D eigenvalue weighted by Gasteiger charge is 2.31. The molecule has 1 heterocycles. The van der Waals surface area contributed by atoms with Gasteiger partial charge in [0.05, 0.1) is 19.8 Å². The molecule has 0 aliphatic rings. The van der Waals surface area contributed by atoms with E-state index in [1.807, 2.05) is 0 Å². The average Bonchev–Trinajstić information content (AvgIpc) is 3.09. The Morgan fingerprint density at radius 1 is 1.09 bits per heavy atom. The number of ketones is 1. The molecule has 0 aliphatic heterocycles. The maximum absolute atomic E-state index is 13.5. The number of ether oxygens (including phenoxy) is 3. The van der Waals surface area contributed by atoms with Crippen molar-refractivity contribution < 1.29 is 28.6 Å². The molecule has 1 atom stereocenters. The molecule has 32 heavy (non-hydrogen) atoms. The van der Waals surface area contributed by atoms with Gasteiger partial charge in [0.2, 0.25) is 0 Å². The lowest BCUT2D eigenvalue weighted by molar-refractivity contribution is 0.0518. The summed E-state index contributed by atoms with van der Waals surface area (Å²) < 4.78 is 15.4. The number of nitrogens with zero attached hydrogens (tertiary/aromatic N) is 1. The molecule has 1 amide bonds. The van der Waals surface area contributed by atoms with Gasteiger partial charge in [0.1, 0.15) is 11.4 Å². The van der Waals surface area contributed by atoms with Crippen LogP contribution in [-0.2, 0) is 9.47 Å². The van der Waals surface area contributed by atoms with Gasteiger partial charge in [0, 0.05) is 37.1 Å². The van der Waals surface area contributed by atoms with E-state index < -0.39 is 12.0 Å². The fourth-order valence-corrected chi connectivity index (χ4v) is 3.63. The number of nitrogens with one attached hydrogen (secondary N) is 1. The van der Waals surface area contributed by atoms with E-state index >= 15 is 0 Å². The van der Waals surface area contributed by atoms with Crippen molar-refractivity contribution in [2.24, 2.45) is 0 Å². The highest BCUT2D eigenvalue weighted by atomic mass is 16.5. The Morgan fingerprint density at radius 2 is 1.75 bits per heavy atom. The number of amides is 1. The molecule has 174 valence electrons. The first-order chi connectivity index (χ1) is 15.3. The third kappa shape index (κ3) is 5.56. The van der Waals surface area contributed by atoms with E-state index in [-0.39, 0.29) is 24.0 Å². The number of hydrogen-bond donors (Lipinski definition) is 1. The molecule has 1 aromatic carbocycles. The lowest BCUT2D eigenvalue weighted by Gasteiger charge is -2.29. The van der Waals surface area contributed by atoms with Crippen molar-refractivity contribution >= 4 is 17.7 Å². The average molecular weight is 445 g/mol. The zero-order valence-electron chi connectivity index (χ0n) is 19.6. The van der Waals surface area contributed by atoms with Gasteiger partial charge >= 0.3 is 5.97 Å². The summed E-state index contributed by atoms with van der Waals surface area (Å²) in [5.74, 6) is -0.375. The number of rotatable bonds is 11. The fraction of sp³-hybridized carbons (Fsp3) is 0.458. The molecule has 0 unspecified atom stereocenters. The van der Waals surface area contributed by atoms with E-state index in [1.165, 1.54) is 0 Å². The molecule has 1 N–H and O–H groups in total. The topological polar surface area (TPSA) is 97.9 Å². The maximum Gasteiger partial charge on any atom is 0.355 e. The van der Waals surface area contributed by atoms with Gasteiger partial charge < -0.3 is 24.1 Å². The number of benzene rings is 1. The maximum atomic E-state index is 13.5. The third-order valence-electron chi connectivity index (χ3n) is 5.36. The quantitative estimate of drug-likeness (QED) is 0.323. The number of carbonyl (C=O) groups is 3. The van der Waals surface area contributed by atoms with Crippen molar-refractivity contribution in [2.45, 2.75) is 40.2 Å². The number of aryl methyl sites for hydroxylation is 1. The third-order valence-corrected chi connectivity index (χ3v) is 5.36. The van der Waals surface area contributed by atoms with Crippen molar-refractivity contribution in [2.75, 3.05) is 34.0 Å². The van der Waals surface area contributed by atoms with Gasteiger partial charge in [-0.05, 0) is 63.9 Å². The van der Waals surface area contributed by atoms with E-state index in [9.17, 15) is 14.4 Å². The van der Waals surface area contributed by atoms with Crippen molar-refractivity contribution in [3.05, 3.63) is 52.3 Å². The van der Waals surface area contributed by atoms with Crippen LogP contribution in [0, 0.1) is 13.8 Å². The van der Waals surface area contributed by atoms with Crippen LogP contribution in [0.15, 0.2) is 24.3 Å². The van der Waals surface area contributed by atoms with Crippen molar-refractivity contribution in [1.29, 1.82) is 0 Å². The summed E-state index contributed by atoms with van der Waals surface area (Å²) in [5.41, 5.74) is 2.20. The molecule has 0 saturated heterocycles. The number of hydrogen-bond acceptors (Lipinski definition) is 6. The fourth-order valence-electron chi connectivity index (χ4n) is 3.63. The van der Waals surface area contributed by atoms with E-state index in [2.05, 4.69) is 4.98 Å². The second-order valence-electron chi connectivity index (χ2n) is 7.46. The standard InChI is InChI=1S/C24H32N2O6/c1-7-32-24(29)21-15(2)20(16(3)25-21)22(27)17(4)26(13-8-14-30-5)23(28)18-9-11-19(31-6)12-10-18/h9-12,17,25H,7-8,13-14H2,1-6H3/t17-/m0/s1. The molecule has 2 rings (SSSR count). The number of aromatic amines is 1.